The van der Waals surface area contributed by atoms with Gasteiger partial charge in [0.1, 0.15) is 11.5 Å². The Morgan fingerprint density at radius 2 is 0.857 bits per heavy atom. The normalized spacial score (nSPS) is 22.1. The molecule has 0 radical (unpaired) electrons. The zero-order chi connectivity index (χ0) is 34.6. The highest BCUT2D eigenvalue weighted by Gasteiger charge is 2.49. The van der Waals surface area contributed by atoms with E-state index in [1.165, 1.54) is 52.9 Å². The van der Waals surface area contributed by atoms with Crippen LogP contribution in [0.25, 0.3) is 0 Å². The van der Waals surface area contributed by atoms with Crippen LogP contribution in [0.4, 0.5) is 17.1 Å². The summed E-state index contributed by atoms with van der Waals surface area (Å²) < 4.78 is 19.6. The van der Waals surface area contributed by atoms with E-state index in [4.69, 9.17) is 31.4 Å². The lowest BCUT2D eigenvalue weighted by Gasteiger charge is -2.54. The van der Waals surface area contributed by atoms with Gasteiger partial charge in [0.25, 0.3) is 0 Å². The van der Waals surface area contributed by atoms with E-state index in [-0.39, 0.29) is 29.0 Å². The fourth-order valence-corrected chi connectivity index (χ4v) is 8.44. The number of Topliss-reactive ketones (excluding diaryl/α,β-unsaturated/α-hetero) is 3. The molecule has 252 valence electrons. The summed E-state index contributed by atoms with van der Waals surface area (Å²) in [6, 6.07) is 18.7. The summed E-state index contributed by atoms with van der Waals surface area (Å²) in [5.41, 5.74) is 22.6. The van der Waals surface area contributed by atoms with E-state index >= 15 is 0 Å². The predicted octanol–water partition coefficient (Wildman–Crippen LogP) is 8.96. The average molecular weight is 660 g/mol. The first-order chi connectivity index (χ1) is 23.4. The van der Waals surface area contributed by atoms with Gasteiger partial charge in [-0.15, -0.1) is 0 Å². The number of nitrogens with two attached hydrogens (primary N) is 3. The largest absolute Gasteiger partial charge is 0.455 e. The molecule has 4 saturated carbocycles. The van der Waals surface area contributed by atoms with Gasteiger partial charge in [-0.05, 0) is 143 Å². The summed E-state index contributed by atoms with van der Waals surface area (Å²) in [7, 11) is 0. The highest BCUT2D eigenvalue weighted by Crippen LogP contribution is 2.62. The Bertz CT molecular complexity index is 1970. The topological polar surface area (TPSA) is 157 Å². The molecule has 0 saturated heterocycles. The summed E-state index contributed by atoms with van der Waals surface area (Å²) in [5.74, 6) is 4.84. The first-order valence-electron chi connectivity index (χ1n) is 16.9. The Kier molecular flexibility index (Phi) is 8.30. The van der Waals surface area contributed by atoms with Crippen molar-refractivity contribution in [3.8, 4) is 34.5 Å². The van der Waals surface area contributed by atoms with Crippen LogP contribution in [-0.2, 0) is 0 Å². The molecule has 9 heteroatoms. The minimum atomic E-state index is -0.115. The summed E-state index contributed by atoms with van der Waals surface area (Å²) in [6.07, 6.45) is 6.04. The molecule has 4 aromatic rings. The fraction of sp³-hybridized carbons (Fsp3) is 0.325. The third kappa shape index (κ3) is 6.33. The molecule has 0 atom stereocenters. The third-order valence-corrected chi connectivity index (χ3v) is 10.6. The van der Waals surface area contributed by atoms with Gasteiger partial charge in [-0.25, -0.2) is 0 Å². The van der Waals surface area contributed by atoms with Crippen molar-refractivity contribution in [3.63, 3.8) is 0 Å². The number of rotatable bonds is 10. The number of anilines is 3. The van der Waals surface area contributed by atoms with E-state index in [1.807, 2.05) is 6.07 Å². The number of hydrogen-bond donors (Lipinski definition) is 3. The van der Waals surface area contributed by atoms with Gasteiger partial charge in [-0.3, -0.25) is 14.4 Å². The number of hydrogen-bond acceptors (Lipinski definition) is 9. The maximum absolute atomic E-state index is 12.1. The molecular weight excluding hydrogens is 618 g/mol. The van der Waals surface area contributed by atoms with E-state index in [9.17, 15) is 14.4 Å². The molecule has 0 aliphatic heterocycles. The average Bonchev–Trinajstić information content (AvgIpc) is 3.04. The molecule has 4 aliphatic carbocycles. The number of carbonyl (C=O) groups excluding carboxylic acids is 3. The van der Waals surface area contributed by atoms with Gasteiger partial charge in [0.2, 0.25) is 0 Å². The van der Waals surface area contributed by atoms with Crippen molar-refractivity contribution in [3.05, 3.63) is 89.0 Å². The highest BCUT2D eigenvalue weighted by molar-refractivity contribution is 5.96. The van der Waals surface area contributed by atoms with Crippen molar-refractivity contribution in [2.24, 2.45) is 23.7 Å². The number of nitrogen functional groups attached to an aromatic ring is 3. The molecule has 0 spiro atoms. The third-order valence-electron chi connectivity index (χ3n) is 10.6. The predicted molar refractivity (Wildman–Crippen MR) is 189 cm³/mol. The van der Waals surface area contributed by atoms with Crippen LogP contribution < -0.4 is 31.4 Å². The molecule has 4 aliphatic rings. The monoisotopic (exact) mass is 659 g/mol. The Hall–Kier alpha value is -5.31. The molecular formula is C40H41N3O6. The fourth-order valence-electron chi connectivity index (χ4n) is 8.44. The molecule has 8 rings (SSSR count). The maximum Gasteiger partial charge on any atom is 0.173 e. The van der Waals surface area contributed by atoms with E-state index in [2.05, 4.69) is 0 Å². The number of benzene rings is 4. The first-order valence-corrected chi connectivity index (χ1v) is 16.9. The zero-order valence-electron chi connectivity index (χ0n) is 28.0. The molecule has 0 aromatic heterocycles. The minimum Gasteiger partial charge on any atom is -0.455 e. The Morgan fingerprint density at radius 1 is 0.490 bits per heavy atom. The van der Waals surface area contributed by atoms with Crippen molar-refractivity contribution < 1.29 is 28.6 Å². The summed E-state index contributed by atoms with van der Waals surface area (Å²) in [5, 5.41) is 0. The van der Waals surface area contributed by atoms with E-state index < -0.39 is 0 Å². The standard InChI is InChI=1S/C40H41N3O6/c1-20(44)25-4-7-34(31(41)15-25)47-37-19-39(49-36-9-6-27(22(3)46)17-33(36)43)38(48-35-8-5-26(21(2)45)16-32(35)42)18-30(37)40-28-11-23-10-24(13-28)14-29(40)12-23/h4-9,15-19,23-24,28-29,40H,10-14,41-43H2,1-3H3. The molecule has 4 bridgehead atoms. The Morgan fingerprint density at radius 3 is 1.22 bits per heavy atom. The molecule has 4 aromatic carbocycles. The summed E-state index contributed by atoms with van der Waals surface area (Å²) in [6.45, 7) is 4.46. The lowest BCUT2D eigenvalue weighted by molar-refractivity contribution is -0.00341. The van der Waals surface area contributed by atoms with Crippen molar-refractivity contribution >= 4 is 34.4 Å². The maximum atomic E-state index is 12.1. The van der Waals surface area contributed by atoms with E-state index in [0.717, 1.165) is 17.4 Å². The summed E-state index contributed by atoms with van der Waals surface area (Å²) >= 11 is 0. The van der Waals surface area contributed by atoms with Gasteiger partial charge in [0.15, 0.2) is 40.3 Å². The van der Waals surface area contributed by atoms with Gasteiger partial charge in [0.05, 0.1) is 17.1 Å². The van der Waals surface area contributed by atoms with Crippen LogP contribution in [0.1, 0.15) is 95.4 Å². The molecule has 0 heterocycles. The molecule has 49 heavy (non-hydrogen) atoms. The van der Waals surface area contributed by atoms with Crippen molar-refractivity contribution in [2.75, 3.05) is 17.2 Å². The highest BCUT2D eigenvalue weighted by atomic mass is 16.5. The SMILES string of the molecule is CC(=O)c1ccc(Oc2cc(Oc3ccc(C(C)=O)cc3N)c(C3C4CC5CC(C4)CC3C5)cc2Oc2ccc(C(C)=O)cc2N)c(N)c1. The zero-order valence-corrected chi connectivity index (χ0v) is 28.0. The smallest absolute Gasteiger partial charge is 0.173 e. The number of ketones is 3. The second kappa shape index (κ2) is 12.6. The summed E-state index contributed by atoms with van der Waals surface area (Å²) in [4.78, 5) is 36.1. The quantitative estimate of drug-likeness (QED) is 0.112. The van der Waals surface area contributed by atoms with Crippen molar-refractivity contribution in [1.82, 2.24) is 0 Å². The Balaban J connectivity index is 1.37. The minimum absolute atomic E-state index is 0.0892. The molecule has 4 fully saturated rings. The van der Waals surface area contributed by atoms with E-state index in [1.54, 1.807) is 60.7 Å². The van der Waals surface area contributed by atoms with Gasteiger partial charge in [0, 0.05) is 28.3 Å². The van der Waals surface area contributed by atoms with Crippen LogP contribution in [0.5, 0.6) is 34.5 Å². The van der Waals surface area contributed by atoms with Gasteiger partial charge >= 0.3 is 0 Å². The van der Waals surface area contributed by atoms with Crippen molar-refractivity contribution in [2.45, 2.75) is 58.8 Å². The lowest BCUT2D eigenvalue weighted by Crippen LogP contribution is -2.43. The van der Waals surface area contributed by atoms with Crippen LogP contribution in [0.15, 0.2) is 66.7 Å². The molecule has 0 unspecified atom stereocenters. The second-order valence-electron chi connectivity index (χ2n) is 14.0. The van der Waals surface area contributed by atoms with Gasteiger partial charge < -0.3 is 31.4 Å². The second-order valence-corrected chi connectivity index (χ2v) is 14.0. The Labute approximate surface area is 285 Å². The lowest BCUT2D eigenvalue weighted by atomic mass is 9.50. The molecule has 6 N–H and O–H groups in total. The van der Waals surface area contributed by atoms with Crippen LogP contribution in [-0.4, -0.2) is 17.3 Å². The molecule has 0 amide bonds. The van der Waals surface area contributed by atoms with Crippen molar-refractivity contribution in [1.29, 1.82) is 0 Å². The van der Waals surface area contributed by atoms with Crippen LogP contribution in [0, 0.1) is 23.7 Å². The van der Waals surface area contributed by atoms with Gasteiger partial charge in [-0.2, -0.15) is 0 Å². The van der Waals surface area contributed by atoms with Crippen LogP contribution in [0.2, 0.25) is 0 Å². The number of ether oxygens (including phenoxy) is 3. The molecule has 9 nitrogen and oxygen atoms in total. The van der Waals surface area contributed by atoms with Crippen LogP contribution in [0.3, 0.4) is 0 Å². The van der Waals surface area contributed by atoms with Gasteiger partial charge in [-0.1, -0.05) is 0 Å². The van der Waals surface area contributed by atoms with Crippen LogP contribution >= 0.6 is 0 Å². The first kappa shape index (κ1) is 32.2. The van der Waals surface area contributed by atoms with E-state index in [0.29, 0.717) is 74.4 Å². The number of carbonyl (C=O) groups is 3.